The van der Waals surface area contributed by atoms with Gasteiger partial charge in [-0.05, 0) is 39.3 Å². The van der Waals surface area contributed by atoms with Crippen molar-refractivity contribution in [3.05, 3.63) is 53.9 Å². The lowest BCUT2D eigenvalue weighted by Crippen LogP contribution is -2.35. The van der Waals surface area contributed by atoms with Crippen LogP contribution < -0.4 is 5.32 Å². The first-order valence-electron chi connectivity index (χ1n) is 8.28. The molecule has 0 aliphatic rings. The highest BCUT2D eigenvalue weighted by atomic mass is 16.6. The van der Waals surface area contributed by atoms with Crippen LogP contribution in [0.4, 0.5) is 4.79 Å². The highest BCUT2D eigenvalue weighted by molar-refractivity contribution is 5.83. The lowest BCUT2D eigenvalue weighted by molar-refractivity contribution is 0.0495. The molecule has 0 saturated heterocycles. The number of hydrogen-bond acceptors (Lipinski definition) is 4. The summed E-state index contributed by atoms with van der Waals surface area (Å²) < 4.78 is 11.0. The quantitative estimate of drug-likeness (QED) is 0.742. The van der Waals surface area contributed by atoms with Gasteiger partial charge < -0.3 is 19.5 Å². The molecule has 0 spiro atoms. The maximum atomic E-state index is 12.2. The molecule has 2 heterocycles. The molecule has 25 heavy (non-hydrogen) atoms. The summed E-state index contributed by atoms with van der Waals surface area (Å²) in [6.07, 6.45) is 3.65. The Morgan fingerprint density at radius 2 is 2.12 bits per heavy atom. The zero-order valence-corrected chi connectivity index (χ0v) is 14.9. The summed E-state index contributed by atoms with van der Waals surface area (Å²) in [6.45, 7) is 7.32. The number of H-pyrrole nitrogens is 1. The predicted molar refractivity (Wildman–Crippen MR) is 95.4 cm³/mol. The maximum absolute atomic E-state index is 12.2. The summed E-state index contributed by atoms with van der Waals surface area (Å²) in [5.74, 6) is 1.17. The highest BCUT2D eigenvalue weighted by Crippen LogP contribution is 2.25. The molecule has 0 fully saturated rings. The molecule has 0 bridgehead atoms. The molecular formula is C19H23N3O3. The van der Waals surface area contributed by atoms with Gasteiger partial charge in [0, 0.05) is 23.5 Å². The number of carbonyl (C=O) groups is 1. The average molecular weight is 341 g/mol. The molecule has 1 aromatic carbocycles. The van der Waals surface area contributed by atoms with E-state index >= 15 is 0 Å². The number of carbonyl (C=O) groups excluding carboxylic acids is 1. The molecule has 3 aromatic rings. The number of fused-ring (bicyclic) bond motifs is 1. The van der Waals surface area contributed by atoms with Gasteiger partial charge in [0.1, 0.15) is 17.4 Å². The topological polar surface area (TPSA) is 80.2 Å². The normalized spacial score (nSPS) is 13.0. The molecule has 0 radical (unpaired) electrons. The summed E-state index contributed by atoms with van der Waals surface area (Å²) in [4.78, 5) is 19.8. The Labute approximate surface area is 146 Å². The summed E-state index contributed by atoms with van der Waals surface area (Å²) in [5, 5.41) is 3.99. The highest BCUT2D eigenvalue weighted by Gasteiger charge is 2.24. The van der Waals surface area contributed by atoms with Crippen molar-refractivity contribution in [2.45, 2.75) is 45.8 Å². The number of alkyl carbamates (subject to hydrolysis) is 1. The number of nitrogens with zero attached hydrogens (tertiary/aromatic N) is 1. The molecule has 1 atom stereocenters. The van der Waals surface area contributed by atoms with Crippen molar-refractivity contribution in [2.75, 3.05) is 0 Å². The fourth-order valence-corrected chi connectivity index (χ4v) is 2.70. The van der Waals surface area contributed by atoms with E-state index in [-0.39, 0.29) is 0 Å². The van der Waals surface area contributed by atoms with Gasteiger partial charge in [0.25, 0.3) is 0 Å². The number of para-hydroxylation sites is 1. The molecule has 132 valence electrons. The number of oxazole rings is 1. The third kappa shape index (κ3) is 4.21. The summed E-state index contributed by atoms with van der Waals surface area (Å²) in [6, 6.07) is 7.63. The van der Waals surface area contributed by atoms with Gasteiger partial charge in [-0.15, -0.1) is 0 Å². The number of aromatic amines is 1. The Kier molecular flexibility index (Phi) is 4.53. The van der Waals surface area contributed by atoms with E-state index in [9.17, 15) is 4.79 Å². The van der Waals surface area contributed by atoms with Crippen molar-refractivity contribution in [1.29, 1.82) is 0 Å². The van der Waals surface area contributed by atoms with E-state index in [1.54, 1.807) is 6.20 Å². The van der Waals surface area contributed by atoms with Gasteiger partial charge in [0.05, 0.1) is 6.20 Å². The van der Waals surface area contributed by atoms with Gasteiger partial charge in [-0.25, -0.2) is 9.78 Å². The Morgan fingerprint density at radius 1 is 1.36 bits per heavy atom. The van der Waals surface area contributed by atoms with Crippen LogP contribution in [0.1, 0.15) is 44.0 Å². The van der Waals surface area contributed by atoms with Gasteiger partial charge in [0.2, 0.25) is 5.89 Å². The monoisotopic (exact) mass is 341 g/mol. The van der Waals surface area contributed by atoms with Crippen LogP contribution in [-0.2, 0) is 11.2 Å². The Morgan fingerprint density at radius 3 is 2.80 bits per heavy atom. The summed E-state index contributed by atoms with van der Waals surface area (Å²) in [7, 11) is 0. The summed E-state index contributed by atoms with van der Waals surface area (Å²) in [5.41, 5.74) is 1.56. The first kappa shape index (κ1) is 17.1. The number of ether oxygens (including phenoxy) is 1. The standard InChI is InChI=1S/C19H23N3O3/c1-12-10-21-17(24-12)16(22-18(23)25-19(2,3)4)9-13-11-20-15-8-6-5-7-14(13)15/h5-8,10-11,16,20H,9H2,1-4H3,(H,22,23)/t16-/m1/s1. The first-order chi connectivity index (χ1) is 11.8. The minimum absolute atomic E-state index is 0.414. The molecule has 2 aromatic heterocycles. The van der Waals surface area contributed by atoms with Crippen molar-refractivity contribution in [1.82, 2.24) is 15.3 Å². The molecule has 0 aliphatic heterocycles. The third-order valence-electron chi connectivity index (χ3n) is 3.73. The molecule has 2 N–H and O–H groups in total. The van der Waals surface area contributed by atoms with Crippen LogP contribution in [0.25, 0.3) is 10.9 Å². The first-order valence-corrected chi connectivity index (χ1v) is 8.28. The van der Waals surface area contributed by atoms with Crippen LogP contribution in [0.15, 0.2) is 41.1 Å². The molecule has 3 rings (SSSR count). The minimum Gasteiger partial charge on any atom is -0.444 e. The smallest absolute Gasteiger partial charge is 0.408 e. The average Bonchev–Trinajstić information content (AvgIpc) is 3.12. The van der Waals surface area contributed by atoms with Crippen LogP contribution in [0.5, 0.6) is 0 Å². The van der Waals surface area contributed by atoms with Gasteiger partial charge in [-0.2, -0.15) is 0 Å². The second-order valence-corrected chi connectivity index (χ2v) is 7.07. The molecule has 6 nitrogen and oxygen atoms in total. The van der Waals surface area contributed by atoms with Gasteiger partial charge in [-0.3, -0.25) is 0 Å². The van der Waals surface area contributed by atoms with Crippen LogP contribution >= 0.6 is 0 Å². The van der Waals surface area contributed by atoms with Crippen molar-refractivity contribution in [2.24, 2.45) is 0 Å². The minimum atomic E-state index is -0.568. The van der Waals surface area contributed by atoms with Gasteiger partial charge in [-0.1, -0.05) is 18.2 Å². The van der Waals surface area contributed by atoms with E-state index in [0.29, 0.717) is 18.1 Å². The van der Waals surface area contributed by atoms with E-state index in [4.69, 9.17) is 9.15 Å². The zero-order chi connectivity index (χ0) is 18.0. The maximum Gasteiger partial charge on any atom is 0.408 e. The van der Waals surface area contributed by atoms with Crippen molar-refractivity contribution >= 4 is 17.0 Å². The second kappa shape index (κ2) is 6.63. The van der Waals surface area contributed by atoms with Crippen molar-refractivity contribution < 1.29 is 13.9 Å². The number of nitrogens with one attached hydrogen (secondary N) is 2. The lowest BCUT2D eigenvalue weighted by Gasteiger charge is -2.22. The number of benzene rings is 1. The third-order valence-corrected chi connectivity index (χ3v) is 3.73. The number of amides is 1. The SMILES string of the molecule is Cc1cnc([C@@H](Cc2c[nH]c3ccccc23)NC(=O)OC(C)(C)C)o1. The molecule has 0 aliphatic carbocycles. The van der Waals surface area contributed by atoms with E-state index in [0.717, 1.165) is 16.5 Å². The molecule has 1 amide bonds. The largest absolute Gasteiger partial charge is 0.444 e. The second-order valence-electron chi connectivity index (χ2n) is 7.07. The molecular weight excluding hydrogens is 318 g/mol. The van der Waals surface area contributed by atoms with Crippen LogP contribution in [0.3, 0.4) is 0 Å². The van der Waals surface area contributed by atoms with Gasteiger partial charge >= 0.3 is 6.09 Å². The van der Waals surface area contributed by atoms with E-state index in [1.165, 1.54) is 0 Å². The number of aryl methyl sites for hydroxylation is 1. The zero-order valence-electron chi connectivity index (χ0n) is 14.9. The summed E-state index contributed by atoms with van der Waals surface area (Å²) >= 11 is 0. The number of aromatic nitrogens is 2. The van der Waals surface area contributed by atoms with Crippen LogP contribution in [-0.4, -0.2) is 21.7 Å². The Balaban J connectivity index is 1.85. The van der Waals surface area contributed by atoms with Crippen LogP contribution in [0, 0.1) is 6.92 Å². The van der Waals surface area contributed by atoms with Crippen molar-refractivity contribution in [3.63, 3.8) is 0 Å². The van der Waals surface area contributed by atoms with Crippen molar-refractivity contribution in [3.8, 4) is 0 Å². The Bertz CT molecular complexity index is 873. The van der Waals surface area contributed by atoms with Gasteiger partial charge in [0.15, 0.2) is 0 Å². The molecule has 0 unspecified atom stereocenters. The van der Waals surface area contributed by atoms with E-state index in [2.05, 4.69) is 15.3 Å². The Hall–Kier alpha value is -2.76. The van der Waals surface area contributed by atoms with E-state index < -0.39 is 17.7 Å². The number of rotatable bonds is 4. The number of hydrogen-bond donors (Lipinski definition) is 2. The molecule has 6 heteroatoms. The molecule has 0 saturated carbocycles. The predicted octanol–water partition coefficient (Wildman–Crippen LogP) is 4.27. The lowest BCUT2D eigenvalue weighted by atomic mass is 10.0. The van der Waals surface area contributed by atoms with Crippen LogP contribution in [0.2, 0.25) is 0 Å². The van der Waals surface area contributed by atoms with E-state index in [1.807, 2.05) is 58.2 Å². The fraction of sp³-hybridized carbons (Fsp3) is 0.368. The fourth-order valence-electron chi connectivity index (χ4n) is 2.70.